The summed E-state index contributed by atoms with van der Waals surface area (Å²) in [5.74, 6) is 2.17. The third-order valence-electron chi connectivity index (χ3n) is 1.81. The second kappa shape index (κ2) is 5.28. The van der Waals surface area contributed by atoms with E-state index in [0.29, 0.717) is 29.2 Å². The highest BCUT2D eigenvalue weighted by atomic mass is 35.5. The van der Waals surface area contributed by atoms with Crippen molar-refractivity contribution in [3.63, 3.8) is 0 Å². The summed E-state index contributed by atoms with van der Waals surface area (Å²) in [6.07, 6.45) is 5.55. The minimum Gasteiger partial charge on any atom is -0.398 e. The van der Waals surface area contributed by atoms with Crippen LogP contribution in [0.3, 0.4) is 0 Å². The summed E-state index contributed by atoms with van der Waals surface area (Å²) >= 11 is 5.75. The molecule has 0 radical (unpaired) electrons. The number of nitrogen functional groups attached to an aromatic ring is 1. The predicted octanol–water partition coefficient (Wildman–Crippen LogP) is 1.68. The molecule has 0 fully saturated rings. The Morgan fingerprint density at radius 3 is 3.00 bits per heavy atom. The normalized spacial score (nSPS) is 9.33. The fourth-order valence-corrected chi connectivity index (χ4v) is 1.24. The van der Waals surface area contributed by atoms with Gasteiger partial charge in [-0.3, -0.25) is 4.79 Å². The van der Waals surface area contributed by atoms with E-state index in [1.807, 2.05) is 0 Å². The van der Waals surface area contributed by atoms with Gasteiger partial charge < -0.3 is 11.1 Å². The Labute approximate surface area is 93.6 Å². The van der Waals surface area contributed by atoms with Gasteiger partial charge in [-0.25, -0.2) is 0 Å². The number of carbonyl (C=O) groups is 1. The highest BCUT2D eigenvalue weighted by Gasteiger charge is 2.08. The van der Waals surface area contributed by atoms with Crippen LogP contribution in [0, 0.1) is 12.3 Å². The van der Waals surface area contributed by atoms with E-state index in [4.69, 9.17) is 23.8 Å². The fourth-order valence-electron chi connectivity index (χ4n) is 1.07. The van der Waals surface area contributed by atoms with Crippen molar-refractivity contribution in [2.75, 3.05) is 12.3 Å². The number of hydrogen-bond donors (Lipinski definition) is 2. The highest BCUT2D eigenvalue weighted by molar-refractivity contribution is 6.31. The van der Waals surface area contributed by atoms with E-state index in [1.165, 1.54) is 6.07 Å². The van der Waals surface area contributed by atoms with Crippen molar-refractivity contribution in [3.05, 3.63) is 28.8 Å². The average Bonchev–Trinajstić information content (AvgIpc) is 2.22. The van der Waals surface area contributed by atoms with E-state index in [0.717, 1.165) is 0 Å². The fraction of sp³-hybridized carbons (Fsp3) is 0.182. The summed E-state index contributed by atoms with van der Waals surface area (Å²) in [4.78, 5) is 11.6. The maximum Gasteiger partial charge on any atom is 0.253 e. The lowest BCUT2D eigenvalue weighted by atomic mass is 10.1. The van der Waals surface area contributed by atoms with Crippen LogP contribution in [0.25, 0.3) is 0 Å². The zero-order valence-electron chi connectivity index (χ0n) is 8.09. The molecule has 0 aliphatic heterocycles. The topological polar surface area (TPSA) is 55.1 Å². The van der Waals surface area contributed by atoms with Gasteiger partial charge in [0.25, 0.3) is 5.91 Å². The summed E-state index contributed by atoms with van der Waals surface area (Å²) in [6, 6.07) is 4.76. The number of anilines is 1. The quantitative estimate of drug-likeness (QED) is 0.465. The minimum absolute atomic E-state index is 0.259. The van der Waals surface area contributed by atoms with Crippen LogP contribution in [-0.2, 0) is 0 Å². The summed E-state index contributed by atoms with van der Waals surface area (Å²) in [6.45, 7) is 0.432. The first-order chi connectivity index (χ1) is 7.15. The molecule has 0 bridgehead atoms. The van der Waals surface area contributed by atoms with Gasteiger partial charge in [-0.05, 0) is 18.2 Å². The third kappa shape index (κ3) is 3.19. The van der Waals surface area contributed by atoms with E-state index in [9.17, 15) is 4.79 Å². The van der Waals surface area contributed by atoms with Crippen LogP contribution in [0.1, 0.15) is 16.8 Å². The van der Waals surface area contributed by atoms with Crippen molar-refractivity contribution in [1.82, 2.24) is 5.32 Å². The molecule has 1 aromatic carbocycles. The molecule has 1 rings (SSSR count). The van der Waals surface area contributed by atoms with Gasteiger partial charge in [0.1, 0.15) is 0 Å². The Balaban J connectivity index is 2.73. The molecule has 0 spiro atoms. The number of carbonyl (C=O) groups excluding carboxylic acids is 1. The number of terminal acetylenes is 1. The zero-order chi connectivity index (χ0) is 11.3. The predicted molar refractivity (Wildman–Crippen MR) is 61.6 cm³/mol. The molecule has 78 valence electrons. The first-order valence-electron chi connectivity index (χ1n) is 4.42. The summed E-state index contributed by atoms with van der Waals surface area (Å²) < 4.78 is 0. The smallest absolute Gasteiger partial charge is 0.253 e. The number of nitrogens with one attached hydrogen (secondary N) is 1. The Kier molecular flexibility index (Phi) is 4.02. The molecule has 0 unspecified atom stereocenters. The molecule has 0 aliphatic rings. The van der Waals surface area contributed by atoms with Crippen LogP contribution in [0.4, 0.5) is 5.69 Å². The van der Waals surface area contributed by atoms with Crippen LogP contribution in [0.5, 0.6) is 0 Å². The molecule has 0 heterocycles. The van der Waals surface area contributed by atoms with Crippen LogP contribution in [0.2, 0.25) is 5.02 Å². The number of hydrogen-bond acceptors (Lipinski definition) is 2. The molecule has 0 atom stereocenters. The maximum atomic E-state index is 11.6. The second-order valence-corrected chi connectivity index (χ2v) is 3.38. The van der Waals surface area contributed by atoms with Crippen molar-refractivity contribution in [2.24, 2.45) is 0 Å². The molecule has 0 aromatic heterocycles. The van der Waals surface area contributed by atoms with Crippen LogP contribution in [0.15, 0.2) is 18.2 Å². The third-order valence-corrected chi connectivity index (χ3v) is 2.05. The first kappa shape index (κ1) is 11.4. The Hall–Kier alpha value is -1.66. The molecular weight excluding hydrogens is 212 g/mol. The molecule has 3 nitrogen and oxygen atoms in total. The van der Waals surface area contributed by atoms with Crippen LogP contribution < -0.4 is 11.1 Å². The van der Waals surface area contributed by atoms with Gasteiger partial charge in [-0.2, -0.15) is 0 Å². The molecule has 0 saturated carbocycles. The number of nitrogens with two attached hydrogens (primary N) is 1. The van der Waals surface area contributed by atoms with Crippen molar-refractivity contribution >= 4 is 23.2 Å². The van der Waals surface area contributed by atoms with Crippen LogP contribution in [-0.4, -0.2) is 12.5 Å². The number of amides is 1. The minimum atomic E-state index is -0.259. The van der Waals surface area contributed by atoms with Crippen molar-refractivity contribution in [2.45, 2.75) is 6.42 Å². The summed E-state index contributed by atoms with van der Waals surface area (Å²) in [7, 11) is 0. The summed E-state index contributed by atoms with van der Waals surface area (Å²) in [5, 5.41) is 3.13. The Bertz CT molecular complexity index is 410. The lowest BCUT2D eigenvalue weighted by Gasteiger charge is -2.06. The number of halogens is 1. The van der Waals surface area contributed by atoms with Gasteiger partial charge in [0.2, 0.25) is 0 Å². The zero-order valence-corrected chi connectivity index (χ0v) is 8.84. The second-order valence-electron chi connectivity index (χ2n) is 2.94. The SMILES string of the molecule is C#CCCNC(=O)c1cc(Cl)ccc1N. The lowest BCUT2D eigenvalue weighted by Crippen LogP contribution is -2.25. The molecule has 1 aromatic rings. The molecule has 1 amide bonds. The molecule has 0 saturated heterocycles. The first-order valence-corrected chi connectivity index (χ1v) is 4.79. The van der Waals surface area contributed by atoms with Gasteiger partial charge in [-0.1, -0.05) is 11.6 Å². The standard InChI is InChI=1S/C11H11ClN2O/c1-2-3-6-14-11(15)9-7-8(12)4-5-10(9)13/h1,4-5,7H,3,6,13H2,(H,14,15). The van der Waals surface area contributed by atoms with Crippen LogP contribution >= 0.6 is 11.6 Å². The van der Waals surface area contributed by atoms with E-state index in [1.54, 1.807) is 12.1 Å². The largest absolute Gasteiger partial charge is 0.398 e. The highest BCUT2D eigenvalue weighted by Crippen LogP contribution is 2.17. The molecule has 3 N–H and O–H groups in total. The van der Waals surface area contributed by atoms with E-state index >= 15 is 0 Å². The molecule has 4 heteroatoms. The van der Waals surface area contributed by atoms with Crippen molar-refractivity contribution < 1.29 is 4.79 Å². The van der Waals surface area contributed by atoms with E-state index in [-0.39, 0.29) is 5.91 Å². The van der Waals surface area contributed by atoms with Gasteiger partial charge in [0.15, 0.2) is 0 Å². The lowest BCUT2D eigenvalue weighted by molar-refractivity contribution is 0.0955. The maximum absolute atomic E-state index is 11.6. The van der Waals surface area contributed by atoms with E-state index in [2.05, 4.69) is 11.2 Å². The molecule has 0 aliphatic carbocycles. The Morgan fingerprint density at radius 1 is 1.60 bits per heavy atom. The van der Waals surface area contributed by atoms with Gasteiger partial charge in [0.05, 0.1) is 5.56 Å². The number of benzene rings is 1. The monoisotopic (exact) mass is 222 g/mol. The number of rotatable bonds is 3. The van der Waals surface area contributed by atoms with Crippen molar-refractivity contribution in [3.8, 4) is 12.3 Å². The Morgan fingerprint density at radius 2 is 2.33 bits per heavy atom. The molecular formula is C11H11ClN2O. The average molecular weight is 223 g/mol. The van der Waals surface area contributed by atoms with Crippen molar-refractivity contribution in [1.29, 1.82) is 0 Å². The van der Waals surface area contributed by atoms with Gasteiger partial charge >= 0.3 is 0 Å². The summed E-state index contributed by atoms with van der Waals surface area (Å²) in [5.41, 5.74) is 6.41. The van der Waals surface area contributed by atoms with Gasteiger partial charge in [0, 0.05) is 23.7 Å². The van der Waals surface area contributed by atoms with Gasteiger partial charge in [-0.15, -0.1) is 12.3 Å². The van der Waals surface area contributed by atoms with E-state index < -0.39 is 0 Å². The molecule has 15 heavy (non-hydrogen) atoms.